The van der Waals surface area contributed by atoms with Crippen LogP contribution in [0.5, 0.6) is 0 Å². The SMILES string of the molecule is C[Si](C)(C)CC[Si]1(C)C(Br)=C[Se]C1(Br)C(Br)Br. The van der Waals surface area contributed by atoms with E-state index < -0.39 is 16.1 Å². The van der Waals surface area contributed by atoms with E-state index >= 15 is 0 Å². The Hall–Kier alpha value is 2.61. The number of hydrogen-bond acceptors (Lipinski definition) is 0. The molecule has 0 N–H and O–H groups in total. The molecule has 0 saturated heterocycles. The Bertz CT molecular complexity index is 329. The first-order valence-corrected chi connectivity index (χ1v) is 17.2. The molecule has 0 nitrogen and oxygen atoms in total. The van der Waals surface area contributed by atoms with E-state index in [-0.39, 0.29) is 2.85 Å². The summed E-state index contributed by atoms with van der Waals surface area (Å²) in [5.41, 5.74) is 0. The molecule has 0 aromatic carbocycles. The molecule has 0 bridgehead atoms. The molecule has 1 heterocycles. The summed E-state index contributed by atoms with van der Waals surface area (Å²) in [7, 11) is -2.41. The van der Waals surface area contributed by atoms with Gasteiger partial charge < -0.3 is 0 Å². The molecule has 7 heteroatoms. The molecule has 17 heavy (non-hydrogen) atoms. The molecule has 1 aliphatic rings. The number of halogens is 4. The first-order valence-electron chi connectivity index (χ1n) is 5.54. The van der Waals surface area contributed by atoms with Crippen LogP contribution in [0, 0.1) is 0 Å². The summed E-state index contributed by atoms with van der Waals surface area (Å²) in [5, 5.41) is 0. The standard InChI is InChI=1S/C10H18Br4SeSi2/c1-16(2,3)5-6-17(4)8(11)7-15-10(17,14)9(12)13/h7,9H,5-6H2,1-4H3. The zero-order chi connectivity index (χ0) is 13.5. The molecule has 0 spiro atoms. The molecule has 2 unspecified atom stereocenters. The molecule has 0 fully saturated rings. The van der Waals surface area contributed by atoms with Gasteiger partial charge in [-0.05, 0) is 0 Å². The Morgan fingerprint density at radius 2 is 1.94 bits per heavy atom. The van der Waals surface area contributed by atoms with Gasteiger partial charge in [0.2, 0.25) is 0 Å². The van der Waals surface area contributed by atoms with Crippen LogP contribution in [0.3, 0.4) is 0 Å². The van der Waals surface area contributed by atoms with Crippen LogP contribution in [0.4, 0.5) is 0 Å². The van der Waals surface area contributed by atoms with Crippen LogP contribution in [0.2, 0.25) is 38.3 Å². The third kappa shape index (κ3) is 3.83. The van der Waals surface area contributed by atoms with Gasteiger partial charge in [0.15, 0.2) is 0 Å². The van der Waals surface area contributed by atoms with Crippen molar-refractivity contribution in [2.45, 2.75) is 44.9 Å². The van der Waals surface area contributed by atoms with E-state index in [2.05, 4.69) is 94.9 Å². The Balaban J connectivity index is 2.93. The van der Waals surface area contributed by atoms with Crippen molar-refractivity contribution in [3.63, 3.8) is 0 Å². The Morgan fingerprint density at radius 1 is 1.41 bits per heavy atom. The summed E-state index contributed by atoms with van der Waals surface area (Å²) >= 11 is 16.0. The van der Waals surface area contributed by atoms with E-state index in [4.69, 9.17) is 0 Å². The van der Waals surface area contributed by atoms with Crippen molar-refractivity contribution in [2.75, 3.05) is 0 Å². The molecular weight excluding hydrogens is 575 g/mol. The molecule has 0 radical (unpaired) electrons. The molecule has 0 aromatic rings. The van der Waals surface area contributed by atoms with Crippen molar-refractivity contribution < 1.29 is 0 Å². The van der Waals surface area contributed by atoms with Crippen LogP contribution in [-0.4, -0.2) is 37.7 Å². The van der Waals surface area contributed by atoms with Crippen LogP contribution in [0.15, 0.2) is 9.08 Å². The molecule has 0 saturated carbocycles. The maximum atomic E-state index is 4.07. The monoisotopic (exact) mass is 590 g/mol. The normalized spacial score (nSPS) is 34.3. The number of rotatable bonds is 4. The quantitative estimate of drug-likeness (QED) is 0.293. The van der Waals surface area contributed by atoms with E-state index in [9.17, 15) is 0 Å². The van der Waals surface area contributed by atoms with Crippen molar-refractivity contribution in [1.82, 2.24) is 0 Å². The van der Waals surface area contributed by atoms with Crippen LogP contribution in [-0.2, 0) is 0 Å². The third-order valence-corrected chi connectivity index (χ3v) is 28.0. The molecule has 1 rings (SSSR count). The summed E-state index contributed by atoms with van der Waals surface area (Å²) in [6.45, 7) is 9.93. The fourth-order valence-electron chi connectivity index (χ4n) is 1.77. The van der Waals surface area contributed by atoms with Crippen molar-refractivity contribution >= 4 is 94.8 Å². The molecular formula is C10H18Br4SeSi2. The Labute approximate surface area is 147 Å². The zero-order valence-corrected chi connectivity index (χ0v) is 20.5. The molecule has 0 aromatic heterocycles. The molecule has 2 atom stereocenters. The summed E-state index contributed by atoms with van der Waals surface area (Å²) in [5.74, 6) is 0. The number of hydrogen-bond donors (Lipinski definition) is 0. The molecule has 1 aliphatic heterocycles. The minimum absolute atomic E-state index is 0.269. The summed E-state index contributed by atoms with van der Waals surface area (Å²) < 4.78 is 2.15. The van der Waals surface area contributed by atoms with Gasteiger partial charge in [-0.3, -0.25) is 0 Å². The van der Waals surface area contributed by atoms with E-state index in [1.54, 1.807) is 0 Å². The molecule has 100 valence electrons. The van der Waals surface area contributed by atoms with Crippen molar-refractivity contribution in [3.8, 4) is 0 Å². The summed E-state index contributed by atoms with van der Waals surface area (Å²) in [6, 6.07) is 2.81. The van der Waals surface area contributed by atoms with Gasteiger partial charge in [0.05, 0.1) is 0 Å². The van der Waals surface area contributed by atoms with Gasteiger partial charge in [0.1, 0.15) is 0 Å². The summed E-state index contributed by atoms with van der Waals surface area (Å²) in [4.78, 5) is 2.44. The average molecular weight is 593 g/mol. The molecule has 0 amide bonds. The van der Waals surface area contributed by atoms with E-state index in [1.807, 2.05) is 0 Å². The predicted octanol–water partition coefficient (Wildman–Crippen LogP) is 5.64. The predicted molar refractivity (Wildman–Crippen MR) is 101 cm³/mol. The van der Waals surface area contributed by atoms with Gasteiger partial charge in [-0.1, -0.05) is 0 Å². The van der Waals surface area contributed by atoms with Gasteiger partial charge in [-0.2, -0.15) is 0 Å². The average Bonchev–Trinajstić information content (AvgIpc) is 2.41. The second-order valence-electron chi connectivity index (χ2n) is 5.92. The second kappa shape index (κ2) is 6.16. The van der Waals surface area contributed by atoms with Crippen molar-refractivity contribution in [1.29, 1.82) is 0 Å². The first kappa shape index (κ1) is 17.7. The zero-order valence-electron chi connectivity index (χ0n) is 10.5. The Morgan fingerprint density at radius 3 is 2.35 bits per heavy atom. The van der Waals surface area contributed by atoms with Gasteiger partial charge in [0, 0.05) is 0 Å². The van der Waals surface area contributed by atoms with Crippen molar-refractivity contribution in [3.05, 3.63) is 9.08 Å². The minimum atomic E-state index is -1.45. The first-order chi connectivity index (χ1) is 7.53. The van der Waals surface area contributed by atoms with Crippen LogP contribution in [0.1, 0.15) is 0 Å². The van der Waals surface area contributed by atoms with Crippen LogP contribution in [0.25, 0.3) is 0 Å². The molecule has 0 aliphatic carbocycles. The second-order valence-corrected chi connectivity index (χ2v) is 27.0. The van der Waals surface area contributed by atoms with Gasteiger partial charge in [-0.25, -0.2) is 0 Å². The van der Waals surface area contributed by atoms with Crippen molar-refractivity contribution in [2.24, 2.45) is 0 Å². The Kier molecular flexibility index (Phi) is 6.40. The fraction of sp³-hybridized carbons (Fsp3) is 0.800. The van der Waals surface area contributed by atoms with E-state index in [0.717, 1.165) is 0 Å². The van der Waals surface area contributed by atoms with Gasteiger partial charge in [-0.15, -0.1) is 0 Å². The number of alkyl halides is 3. The van der Waals surface area contributed by atoms with Gasteiger partial charge >= 0.3 is 149 Å². The van der Waals surface area contributed by atoms with Crippen LogP contribution >= 0.6 is 63.7 Å². The summed E-state index contributed by atoms with van der Waals surface area (Å²) in [6.07, 6.45) is 0. The van der Waals surface area contributed by atoms with E-state index in [1.165, 1.54) is 16.2 Å². The topological polar surface area (TPSA) is 0 Å². The fourth-order valence-corrected chi connectivity index (χ4v) is 24.3. The maximum absolute atomic E-state index is 4.07. The van der Waals surface area contributed by atoms with E-state index in [0.29, 0.717) is 18.7 Å². The van der Waals surface area contributed by atoms with Gasteiger partial charge in [0.25, 0.3) is 0 Å². The third-order valence-electron chi connectivity index (χ3n) is 3.27. The van der Waals surface area contributed by atoms with Crippen LogP contribution < -0.4 is 0 Å².